The van der Waals surface area contributed by atoms with Crippen LogP contribution in [-0.2, 0) is 0 Å². The second-order valence-electron chi connectivity index (χ2n) is 6.34. The summed E-state index contributed by atoms with van der Waals surface area (Å²) in [5.41, 5.74) is 1.43. The lowest BCUT2D eigenvalue weighted by Gasteiger charge is -2.44. The van der Waals surface area contributed by atoms with Gasteiger partial charge in [-0.05, 0) is 49.8 Å². The first-order valence-electron chi connectivity index (χ1n) is 7.93. The van der Waals surface area contributed by atoms with Gasteiger partial charge in [-0.2, -0.15) is 0 Å². The van der Waals surface area contributed by atoms with E-state index in [9.17, 15) is 0 Å². The Kier molecular flexibility index (Phi) is 4.49. The first-order valence-corrected chi connectivity index (χ1v) is 8.73. The standard InChI is InChI=1S/C17H25BrN2/c1-3-16-10-19-17(14-4-5-14)11-20(16)12(2)13-6-8-15(18)9-7-13/h6-9,12,14,16-17,19H,3-5,10-11H2,1-2H3. The smallest absolute Gasteiger partial charge is 0.0324 e. The lowest BCUT2D eigenvalue weighted by atomic mass is 9.98. The molecule has 2 fully saturated rings. The zero-order valence-electron chi connectivity index (χ0n) is 12.5. The molecular weight excluding hydrogens is 312 g/mol. The fraction of sp³-hybridized carbons (Fsp3) is 0.647. The minimum Gasteiger partial charge on any atom is -0.311 e. The minimum absolute atomic E-state index is 0.511. The Morgan fingerprint density at radius 3 is 2.60 bits per heavy atom. The highest BCUT2D eigenvalue weighted by Crippen LogP contribution is 2.36. The molecule has 0 spiro atoms. The summed E-state index contributed by atoms with van der Waals surface area (Å²) >= 11 is 3.53. The maximum Gasteiger partial charge on any atom is 0.0324 e. The summed E-state index contributed by atoms with van der Waals surface area (Å²) in [5.74, 6) is 0.937. The highest BCUT2D eigenvalue weighted by Gasteiger charge is 2.38. The number of hydrogen-bond acceptors (Lipinski definition) is 2. The van der Waals surface area contributed by atoms with Gasteiger partial charge in [0.15, 0.2) is 0 Å². The third kappa shape index (κ3) is 3.10. The summed E-state index contributed by atoms with van der Waals surface area (Å²) in [4.78, 5) is 2.72. The van der Waals surface area contributed by atoms with Crippen LogP contribution in [0.1, 0.15) is 44.7 Å². The van der Waals surface area contributed by atoms with Crippen molar-refractivity contribution in [2.45, 2.75) is 51.2 Å². The van der Waals surface area contributed by atoms with E-state index in [4.69, 9.17) is 0 Å². The van der Waals surface area contributed by atoms with Crippen molar-refractivity contribution in [3.8, 4) is 0 Å². The van der Waals surface area contributed by atoms with Gasteiger partial charge in [0.05, 0.1) is 0 Å². The normalized spacial score (nSPS) is 29.4. The summed E-state index contributed by atoms with van der Waals surface area (Å²) in [6.07, 6.45) is 4.08. The molecule has 1 aliphatic heterocycles. The van der Waals surface area contributed by atoms with E-state index in [-0.39, 0.29) is 0 Å². The summed E-state index contributed by atoms with van der Waals surface area (Å²) in [5, 5.41) is 3.78. The van der Waals surface area contributed by atoms with Crippen LogP contribution in [0.4, 0.5) is 0 Å². The molecule has 1 heterocycles. The van der Waals surface area contributed by atoms with Crippen molar-refractivity contribution < 1.29 is 0 Å². The average molecular weight is 337 g/mol. The number of nitrogens with zero attached hydrogens (tertiary/aromatic N) is 1. The fourth-order valence-corrected chi connectivity index (χ4v) is 3.71. The SMILES string of the molecule is CCC1CNC(C2CC2)CN1C(C)c1ccc(Br)cc1. The molecule has 2 nitrogen and oxygen atoms in total. The third-order valence-corrected chi connectivity index (χ3v) is 5.53. The van der Waals surface area contributed by atoms with Crippen molar-refractivity contribution in [2.24, 2.45) is 5.92 Å². The van der Waals surface area contributed by atoms with Crippen molar-refractivity contribution in [1.29, 1.82) is 0 Å². The summed E-state index contributed by atoms with van der Waals surface area (Å²) in [6.45, 7) is 7.03. The number of nitrogens with one attached hydrogen (secondary N) is 1. The van der Waals surface area contributed by atoms with Gasteiger partial charge in [0.2, 0.25) is 0 Å². The second kappa shape index (κ2) is 6.17. The molecule has 0 aromatic heterocycles. The molecule has 1 saturated carbocycles. The Labute approximate surface area is 131 Å². The summed E-state index contributed by atoms with van der Waals surface area (Å²) in [6, 6.07) is 10.7. The molecule has 1 aliphatic carbocycles. The van der Waals surface area contributed by atoms with Crippen LogP contribution in [0.3, 0.4) is 0 Å². The van der Waals surface area contributed by atoms with E-state index >= 15 is 0 Å². The van der Waals surface area contributed by atoms with Crippen LogP contribution >= 0.6 is 15.9 Å². The predicted molar refractivity (Wildman–Crippen MR) is 87.9 cm³/mol. The van der Waals surface area contributed by atoms with Crippen molar-refractivity contribution in [3.05, 3.63) is 34.3 Å². The van der Waals surface area contributed by atoms with Crippen LogP contribution in [-0.4, -0.2) is 30.1 Å². The van der Waals surface area contributed by atoms with Crippen LogP contribution < -0.4 is 5.32 Å². The monoisotopic (exact) mass is 336 g/mol. The van der Waals surface area contributed by atoms with Gasteiger partial charge < -0.3 is 5.32 Å². The molecule has 3 unspecified atom stereocenters. The predicted octanol–water partition coefficient (Wildman–Crippen LogP) is 3.97. The number of benzene rings is 1. The Bertz CT molecular complexity index is 441. The highest BCUT2D eigenvalue weighted by molar-refractivity contribution is 9.10. The molecule has 3 heteroatoms. The molecule has 20 heavy (non-hydrogen) atoms. The Morgan fingerprint density at radius 2 is 2.00 bits per heavy atom. The molecule has 2 aliphatic rings. The molecule has 3 rings (SSSR count). The molecule has 1 aromatic carbocycles. The third-order valence-electron chi connectivity index (χ3n) is 5.00. The van der Waals surface area contributed by atoms with Crippen LogP contribution in [0.25, 0.3) is 0 Å². The van der Waals surface area contributed by atoms with Gasteiger partial charge in [0.1, 0.15) is 0 Å². The number of halogens is 1. The van der Waals surface area contributed by atoms with Gasteiger partial charge in [-0.1, -0.05) is 35.0 Å². The van der Waals surface area contributed by atoms with Crippen LogP contribution in [0, 0.1) is 5.92 Å². The average Bonchev–Trinajstić information content (AvgIpc) is 3.31. The van der Waals surface area contributed by atoms with Gasteiger partial charge >= 0.3 is 0 Å². The zero-order chi connectivity index (χ0) is 14.1. The van der Waals surface area contributed by atoms with E-state index in [1.165, 1.54) is 31.4 Å². The largest absolute Gasteiger partial charge is 0.311 e. The molecule has 1 aromatic rings. The summed E-state index contributed by atoms with van der Waals surface area (Å²) in [7, 11) is 0. The Balaban J connectivity index is 1.75. The maximum absolute atomic E-state index is 3.78. The van der Waals surface area contributed by atoms with Crippen LogP contribution in [0.5, 0.6) is 0 Å². The first-order chi connectivity index (χ1) is 9.69. The number of piperazine rings is 1. The number of rotatable bonds is 4. The topological polar surface area (TPSA) is 15.3 Å². The van der Waals surface area contributed by atoms with Gasteiger partial charge in [0.25, 0.3) is 0 Å². The summed E-state index contributed by atoms with van der Waals surface area (Å²) < 4.78 is 1.16. The van der Waals surface area contributed by atoms with E-state index in [1.54, 1.807) is 0 Å². The zero-order valence-corrected chi connectivity index (χ0v) is 14.1. The highest BCUT2D eigenvalue weighted by atomic mass is 79.9. The van der Waals surface area contributed by atoms with Gasteiger partial charge in [0, 0.05) is 35.7 Å². The Morgan fingerprint density at radius 1 is 1.30 bits per heavy atom. The molecule has 0 amide bonds. The number of hydrogen-bond donors (Lipinski definition) is 1. The molecule has 0 bridgehead atoms. The van der Waals surface area contributed by atoms with E-state index in [1.807, 2.05) is 0 Å². The van der Waals surface area contributed by atoms with E-state index < -0.39 is 0 Å². The molecule has 1 saturated heterocycles. The molecule has 3 atom stereocenters. The van der Waals surface area contributed by atoms with Gasteiger partial charge in [-0.3, -0.25) is 4.90 Å². The molecule has 1 N–H and O–H groups in total. The molecule has 0 radical (unpaired) electrons. The van der Waals surface area contributed by atoms with Gasteiger partial charge in [-0.15, -0.1) is 0 Å². The Hall–Kier alpha value is -0.380. The molecule has 110 valence electrons. The minimum atomic E-state index is 0.511. The van der Waals surface area contributed by atoms with Crippen molar-refractivity contribution >= 4 is 15.9 Å². The van der Waals surface area contributed by atoms with Gasteiger partial charge in [-0.25, -0.2) is 0 Å². The van der Waals surface area contributed by atoms with Crippen molar-refractivity contribution in [2.75, 3.05) is 13.1 Å². The van der Waals surface area contributed by atoms with Crippen LogP contribution in [0.2, 0.25) is 0 Å². The van der Waals surface area contributed by atoms with Crippen molar-refractivity contribution in [1.82, 2.24) is 10.2 Å². The lowest BCUT2D eigenvalue weighted by Crippen LogP contribution is -2.57. The first kappa shape index (κ1) is 14.6. The van der Waals surface area contributed by atoms with Crippen LogP contribution in [0.15, 0.2) is 28.7 Å². The molecular formula is C17H25BrN2. The van der Waals surface area contributed by atoms with E-state index in [0.29, 0.717) is 12.1 Å². The van der Waals surface area contributed by atoms with E-state index in [2.05, 4.69) is 64.3 Å². The second-order valence-corrected chi connectivity index (χ2v) is 7.25. The fourth-order valence-electron chi connectivity index (χ4n) is 3.45. The van der Waals surface area contributed by atoms with E-state index in [0.717, 1.165) is 23.0 Å². The maximum atomic E-state index is 3.78. The lowest BCUT2D eigenvalue weighted by molar-refractivity contribution is 0.0803. The quantitative estimate of drug-likeness (QED) is 0.894. The van der Waals surface area contributed by atoms with Crippen molar-refractivity contribution in [3.63, 3.8) is 0 Å².